The normalized spacial score (nSPS) is 24.8. The highest BCUT2D eigenvalue weighted by Gasteiger charge is 2.40. The van der Waals surface area contributed by atoms with E-state index < -0.39 is 10.0 Å². The van der Waals surface area contributed by atoms with Crippen LogP contribution in [0.3, 0.4) is 0 Å². The Morgan fingerprint density at radius 1 is 1.39 bits per heavy atom. The summed E-state index contributed by atoms with van der Waals surface area (Å²) < 4.78 is 32.6. The van der Waals surface area contributed by atoms with Crippen LogP contribution in [0.5, 0.6) is 0 Å². The van der Waals surface area contributed by atoms with Crippen LogP contribution in [0.15, 0.2) is 21.7 Å². The molecule has 2 aliphatic rings. The van der Waals surface area contributed by atoms with E-state index in [1.165, 1.54) is 11.3 Å². The van der Waals surface area contributed by atoms with Crippen molar-refractivity contribution in [3.05, 3.63) is 17.5 Å². The SMILES string of the molecule is O=S(=O)(c1cccs1)N(C[C@H]1CCOC1)C1CC1. The molecule has 0 unspecified atom stereocenters. The van der Waals surface area contributed by atoms with Crippen LogP contribution in [0.1, 0.15) is 19.3 Å². The molecule has 1 aliphatic carbocycles. The summed E-state index contributed by atoms with van der Waals surface area (Å²) in [4.78, 5) is 0. The Morgan fingerprint density at radius 2 is 2.22 bits per heavy atom. The van der Waals surface area contributed by atoms with Crippen molar-refractivity contribution in [2.24, 2.45) is 5.92 Å². The van der Waals surface area contributed by atoms with Crippen LogP contribution in [0, 0.1) is 5.92 Å². The molecule has 2 fully saturated rings. The molecule has 100 valence electrons. The molecule has 1 saturated heterocycles. The lowest BCUT2D eigenvalue weighted by molar-refractivity contribution is 0.180. The number of nitrogens with zero attached hydrogens (tertiary/aromatic N) is 1. The van der Waals surface area contributed by atoms with Gasteiger partial charge in [0, 0.05) is 19.2 Å². The highest BCUT2D eigenvalue weighted by molar-refractivity contribution is 7.91. The molecule has 0 bridgehead atoms. The lowest BCUT2D eigenvalue weighted by Gasteiger charge is -2.23. The summed E-state index contributed by atoms with van der Waals surface area (Å²) in [7, 11) is -3.29. The predicted octanol–water partition coefficient (Wildman–Crippen LogP) is 1.94. The maximum Gasteiger partial charge on any atom is 0.252 e. The maximum atomic E-state index is 12.6. The van der Waals surface area contributed by atoms with Crippen molar-refractivity contribution in [2.45, 2.75) is 29.5 Å². The van der Waals surface area contributed by atoms with Gasteiger partial charge in [0.05, 0.1) is 6.61 Å². The van der Waals surface area contributed by atoms with Crippen molar-refractivity contribution in [2.75, 3.05) is 19.8 Å². The molecule has 1 atom stereocenters. The van der Waals surface area contributed by atoms with Gasteiger partial charge in [-0.15, -0.1) is 11.3 Å². The fourth-order valence-electron chi connectivity index (χ4n) is 2.31. The zero-order valence-electron chi connectivity index (χ0n) is 10.1. The van der Waals surface area contributed by atoms with E-state index >= 15 is 0 Å². The van der Waals surface area contributed by atoms with E-state index in [0.717, 1.165) is 25.9 Å². The van der Waals surface area contributed by atoms with Crippen LogP contribution in [-0.2, 0) is 14.8 Å². The average molecular weight is 287 g/mol. The van der Waals surface area contributed by atoms with Crippen LogP contribution < -0.4 is 0 Å². The third-order valence-electron chi connectivity index (χ3n) is 3.47. The number of hydrogen-bond acceptors (Lipinski definition) is 4. The Kier molecular flexibility index (Phi) is 3.44. The molecular formula is C12H17NO3S2. The van der Waals surface area contributed by atoms with Crippen LogP contribution >= 0.6 is 11.3 Å². The van der Waals surface area contributed by atoms with Gasteiger partial charge in [-0.05, 0) is 36.6 Å². The van der Waals surface area contributed by atoms with E-state index in [-0.39, 0.29) is 6.04 Å². The summed E-state index contributed by atoms with van der Waals surface area (Å²) in [5.74, 6) is 0.361. The summed E-state index contributed by atoms with van der Waals surface area (Å²) in [5.41, 5.74) is 0. The fraction of sp³-hybridized carbons (Fsp3) is 0.667. The molecule has 2 heterocycles. The minimum atomic E-state index is -3.29. The number of hydrogen-bond donors (Lipinski definition) is 0. The summed E-state index contributed by atoms with van der Waals surface area (Å²) in [6, 6.07) is 3.71. The second kappa shape index (κ2) is 4.92. The molecule has 0 amide bonds. The molecule has 1 aromatic rings. The van der Waals surface area contributed by atoms with Crippen molar-refractivity contribution >= 4 is 21.4 Å². The monoisotopic (exact) mass is 287 g/mol. The van der Waals surface area contributed by atoms with Crippen LogP contribution in [0.4, 0.5) is 0 Å². The second-order valence-corrected chi connectivity index (χ2v) is 8.03. The standard InChI is InChI=1S/C12H17NO3S2/c14-18(15,12-2-1-7-17-12)13(11-3-4-11)8-10-5-6-16-9-10/h1-2,7,10-11H,3-6,8-9H2/t10-/m1/s1. The Bertz CT molecular complexity index is 487. The topological polar surface area (TPSA) is 46.6 Å². The number of sulfonamides is 1. The van der Waals surface area contributed by atoms with E-state index in [1.807, 2.05) is 5.38 Å². The van der Waals surface area contributed by atoms with Crippen molar-refractivity contribution < 1.29 is 13.2 Å². The largest absolute Gasteiger partial charge is 0.381 e. The molecule has 0 aromatic carbocycles. The molecule has 4 nitrogen and oxygen atoms in total. The Labute approximate surface area is 112 Å². The quantitative estimate of drug-likeness (QED) is 0.831. The first-order chi connectivity index (χ1) is 8.68. The van der Waals surface area contributed by atoms with E-state index in [9.17, 15) is 8.42 Å². The molecule has 0 N–H and O–H groups in total. The number of ether oxygens (including phenoxy) is 1. The highest BCUT2D eigenvalue weighted by atomic mass is 32.2. The van der Waals surface area contributed by atoms with Gasteiger partial charge in [0.2, 0.25) is 0 Å². The predicted molar refractivity (Wildman–Crippen MR) is 70.2 cm³/mol. The van der Waals surface area contributed by atoms with Gasteiger partial charge in [-0.25, -0.2) is 8.42 Å². The Hall–Kier alpha value is -0.430. The molecule has 6 heteroatoms. The van der Waals surface area contributed by atoms with Gasteiger partial charge in [-0.1, -0.05) is 6.07 Å². The second-order valence-electron chi connectivity index (χ2n) is 4.97. The first kappa shape index (κ1) is 12.6. The Balaban J connectivity index is 1.80. The molecular weight excluding hydrogens is 270 g/mol. The smallest absolute Gasteiger partial charge is 0.252 e. The highest BCUT2D eigenvalue weighted by Crippen LogP contribution is 2.34. The molecule has 0 spiro atoms. The zero-order valence-corrected chi connectivity index (χ0v) is 11.8. The van der Waals surface area contributed by atoms with Crippen LogP contribution in [0.2, 0.25) is 0 Å². The first-order valence-corrected chi connectivity index (χ1v) is 8.63. The van der Waals surface area contributed by atoms with Gasteiger partial charge < -0.3 is 4.74 Å². The fourth-order valence-corrected chi connectivity index (χ4v) is 5.19. The third-order valence-corrected chi connectivity index (χ3v) is 6.77. The minimum absolute atomic E-state index is 0.220. The van der Waals surface area contributed by atoms with E-state index in [2.05, 4.69) is 0 Å². The molecule has 1 aromatic heterocycles. The molecule has 1 aliphatic heterocycles. The third kappa shape index (κ3) is 2.47. The van der Waals surface area contributed by atoms with Crippen molar-refractivity contribution in [3.8, 4) is 0 Å². The van der Waals surface area contributed by atoms with E-state index in [1.54, 1.807) is 16.4 Å². The summed E-state index contributed by atoms with van der Waals surface area (Å²) in [6.45, 7) is 2.08. The zero-order chi connectivity index (χ0) is 12.6. The molecule has 1 saturated carbocycles. The molecule has 3 rings (SSSR count). The van der Waals surface area contributed by atoms with Gasteiger partial charge in [0.1, 0.15) is 4.21 Å². The van der Waals surface area contributed by atoms with Crippen LogP contribution in [0.25, 0.3) is 0 Å². The Morgan fingerprint density at radius 3 is 2.78 bits per heavy atom. The van der Waals surface area contributed by atoms with Gasteiger partial charge in [0.25, 0.3) is 10.0 Å². The molecule has 0 radical (unpaired) electrons. The number of rotatable bonds is 5. The molecule has 18 heavy (non-hydrogen) atoms. The lowest BCUT2D eigenvalue weighted by Crippen LogP contribution is -2.37. The van der Waals surface area contributed by atoms with Gasteiger partial charge in [-0.3, -0.25) is 0 Å². The summed E-state index contributed by atoms with van der Waals surface area (Å²) >= 11 is 1.30. The van der Waals surface area contributed by atoms with Gasteiger partial charge in [-0.2, -0.15) is 4.31 Å². The van der Waals surface area contributed by atoms with Gasteiger partial charge in [0.15, 0.2) is 0 Å². The minimum Gasteiger partial charge on any atom is -0.381 e. The first-order valence-electron chi connectivity index (χ1n) is 6.31. The van der Waals surface area contributed by atoms with Gasteiger partial charge >= 0.3 is 0 Å². The maximum absolute atomic E-state index is 12.6. The van der Waals surface area contributed by atoms with Crippen molar-refractivity contribution in [3.63, 3.8) is 0 Å². The summed E-state index contributed by atoms with van der Waals surface area (Å²) in [5, 5.41) is 1.82. The van der Waals surface area contributed by atoms with Crippen LogP contribution in [-0.4, -0.2) is 38.5 Å². The van der Waals surface area contributed by atoms with E-state index in [0.29, 0.717) is 23.3 Å². The lowest BCUT2D eigenvalue weighted by atomic mass is 10.1. The number of thiophene rings is 1. The summed E-state index contributed by atoms with van der Waals surface area (Å²) in [6.07, 6.45) is 2.97. The average Bonchev–Trinajstić information content (AvgIpc) is 2.87. The van der Waals surface area contributed by atoms with E-state index in [4.69, 9.17) is 4.74 Å². The van der Waals surface area contributed by atoms with Crippen molar-refractivity contribution in [1.82, 2.24) is 4.31 Å². The van der Waals surface area contributed by atoms with Crippen molar-refractivity contribution in [1.29, 1.82) is 0 Å².